The predicted molar refractivity (Wildman–Crippen MR) is 263 cm³/mol. The monoisotopic (exact) mass is 801 g/mol. The van der Waals surface area contributed by atoms with Crippen LogP contribution in [0.5, 0.6) is 0 Å². The standard InChI is InChI=1S/C58H35N5/c1-2-15-40(16-3-1)61-50-23-11-7-18-43(50)47-33-38(28-30-53(47)61)57-45-20-6-10-22-49(45)59-58(60-57)63-51-24-12-8-19-44(51)48-34-39-32-41(29-26-37(39)35-55(48)63)62-52-25-13-9-21-46(52)56-42-17-5-4-14-36(42)27-31-54(56)62/h1-35H. The highest BCUT2D eigenvalue weighted by molar-refractivity contribution is 6.21. The average Bonchev–Trinajstić information content (AvgIpc) is 3.98. The molecule has 5 heteroatoms. The molecule has 0 saturated carbocycles. The molecule has 0 spiro atoms. The van der Waals surface area contributed by atoms with Gasteiger partial charge in [-0.05, 0) is 100 Å². The lowest BCUT2D eigenvalue weighted by Crippen LogP contribution is -2.03. The van der Waals surface area contributed by atoms with Crippen LogP contribution in [0.1, 0.15) is 0 Å². The van der Waals surface area contributed by atoms with Gasteiger partial charge in [0.2, 0.25) is 5.95 Å². The molecule has 63 heavy (non-hydrogen) atoms. The maximum absolute atomic E-state index is 5.51. The summed E-state index contributed by atoms with van der Waals surface area (Å²) in [5.41, 5.74) is 12.0. The molecule has 0 N–H and O–H groups in total. The Labute approximate surface area is 360 Å². The van der Waals surface area contributed by atoms with Crippen LogP contribution in [0.2, 0.25) is 0 Å². The summed E-state index contributed by atoms with van der Waals surface area (Å²) in [6.07, 6.45) is 0. The second kappa shape index (κ2) is 13.0. The molecule has 292 valence electrons. The van der Waals surface area contributed by atoms with Crippen molar-refractivity contribution in [2.24, 2.45) is 0 Å². The highest BCUT2D eigenvalue weighted by Gasteiger charge is 2.21. The number of benzene rings is 10. The first-order chi connectivity index (χ1) is 31.2. The van der Waals surface area contributed by atoms with Gasteiger partial charge < -0.3 is 9.13 Å². The summed E-state index contributed by atoms with van der Waals surface area (Å²) < 4.78 is 7.03. The van der Waals surface area contributed by atoms with Crippen LogP contribution in [0.15, 0.2) is 212 Å². The number of fused-ring (bicyclic) bond motifs is 13. The number of para-hydroxylation sites is 5. The Kier molecular flexibility index (Phi) is 7.05. The maximum Gasteiger partial charge on any atom is 0.235 e. The van der Waals surface area contributed by atoms with Crippen LogP contribution in [0.3, 0.4) is 0 Å². The van der Waals surface area contributed by atoms with E-state index in [1.807, 2.05) is 0 Å². The number of hydrogen-bond donors (Lipinski definition) is 0. The lowest BCUT2D eigenvalue weighted by Gasteiger charge is -2.13. The zero-order chi connectivity index (χ0) is 41.2. The first-order valence-electron chi connectivity index (χ1n) is 21.5. The van der Waals surface area contributed by atoms with Gasteiger partial charge in [0.25, 0.3) is 0 Å². The molecule has 0 atom stereocenters. The van der Waals surface area contributed by atoms with E-state index in [1.165, 1.54) is 54.3 Å². The molecule has 0 radical (unpaired) electrons. The Morgan fingerprint density at radius 3 is 1.68 bits per heavy atom. The molecule has 0 unspecified atom stereocenters. The van der Waals surface area contributed by atoms with Crippen LogP contribution in [-0.4, -0.2) is 23.7 Å². The van der Waals surface area contributed by atoms with Gasteiger partial charge in [-0.3, -0.25) is 4.57 Å². The van der Waals surface area contributed by atoms with Crippen LogP contribution in [0.25, 0.3) is 126 Å². The molecule has 0 amide bonds. The third kappa shape index (κ3) is 4.93. The predicted octanol–water partition coefficient (Wildman–Crippen LogP) is 14.9. The molecule has 0 fully saturated rings. The first kappa shape index (κ1) is 34.2. The van der Waals surface area contributed by atoms with E-state index in [9.17, 15) is 0 Å². The number of nitrogens with zero attached hydrogens (tertiary/aromatic N) is 5. The molecule has 0 bridgehead atoms. The average molecular weight is 802 g/mol. The zero-order valence-electron chi connectivity index (χ0n) is 33.9. The summed E-state index contributed by atoms with van der Waals surface area (Å²) >= 11 is 0. The van der Waals surface area contributed by atoms with Crippen LogP contribution >= 0.6 is 0 Å². The number of aromatic nitrogens is 5. The van der Waals surface area contributed by atoms with Crippen molar-refractivity contribution in [2.75, 3.05) is 0 Å². The topological polar surface area (TPSA) is 40.6 Å². The van der Waals surface area contributed by atoms with Gasteiger partial charge in [-0.15, -0.1) is 0 Å². The van der Waals surface area contributed by atoms with Crippen molar-refractivity contribution in [3.63, 3.8) is 0 Å². The van der Waals surface area contributed by atoms with Gasteiger partial charge in [0.1, 0.15) is 0 Å². The molecule has 10 aromatic carbocycles. The summed E-state index contributed by atoms with van der Waals surface area (Å²) in [5, 5.41) is 13.1. The van der Waals surface area contributed by atoms with Gasteiger partial charge in [-0.1, -0.05) is 133 Å². The normalized spacial score (nSPS) is 12.1. The van der Waals surface area contributed by atoms with Crippen LogP contribution in [0, 0.1) is 0 Å². The fraction of sp³-hybridized carbons (Fsp3) is 0. The Hall–Kier alpha value is -8.54. The summed E-state index contributed by atoms with van der Waals surface area (Å²) in [5.74, 6) is 0.648. The molecule has 4 heterocycles. The summed E-state index contributed by atoms with van der Waals surface area (Å²) in [6, 6.07) is 76.7. The molecular formula is C58H35N5. The van der Waals surface area contributed by atoms with Crippen LogP contribution in [-0.2, 0) is 0 Å². The molecule has 14 aromatic rings. The molecular weight excluding hydrogens is 767 g/mol. The van der Waals surface area contributed by atoms with E-state index in [0.29, 0.717) is 5.95 Å². The maximum atomic E-state index is 5.51. The van der Waals surface area contributed by atoms with Gasteiger partial charge in [0, 0.05) is 54.6 Å². The molecule has 5 nitrogen and oxygen atoms in total. The highest BCUT2D eigenvalue weighted by Crippen LogP contribution is 2.41. The van der Waals surface area contributed by atoms with E-state index in [0.717, 1.165) is 66.2 Å². The third-order valence-electron chi connectivity index (χ3n) is 13.2. The van der Waals surface area contributed by atoms with Gasteiger partial charge in [-0.25, -0.2) is 9.97 Å². The molecule has 0 aliphatic rings. The van der Waals surface area contributed by atoms with E-state index in [1.54, 1.807) is 0 Å². The minimum atomic E-state index is 0.648. The van der Waals surface area contributed by atoms with E-state index in [-0.39, 0.29) is 0 Å². The van der Waals surface area contributed by atoms with Crippen molar-refractivity contribution in [1.29, 1.82) is 0 Å². The lowest BCUT2D eigenvalue weighted by atomic mass is 10.0. The van der Waals surface area contributed by atoms with Crippen LogP contribution in [0.4, 0.5) is 0 Å². The highest BCUT2D eigenvalue weighted by atomic mass is 15.2. The Bertz CT molecular complexity index is 4210. The largest absolute Gasteiger partial charge is 0.309 e. The fourth-order valence-electron chi connectivity index (χ4n) is 10.4. The fourth-order valence-corrected chi connectivity index (χ4v) is 10.4. The second-order valence-corrected chi connectivity index (χ2v) is 16.6. The minimum absolute atomic E-state index is 0.648. The van der Waals surface area contributed by atoms with Crippen molar-refractivity contribution in [2.45, 2.75) is 0 Å². The first-order valence-corrected chi connectivity index (χ1v) is 21.5. The van der Waals surface area contributed by atoms with Gasteiger partial charge in [-0.2, -0.15) is 0 Å². The van der Waals surface area contributed by atoms with Crippen LogP contribution < -0.4 is 0 Å². The van der Waals surface area contributed by atoms with Crippen molar-refractivity contribution < 1.29 is 0 Å². The molecule has 4 aromatic heterocycles. The Morgan fingerprint density at radius 1 is 0.286 bits per heavy atom. The van der Waals surface area contributed by atoms with E-state index >= 15 is 0 Å². The SMILES string of the molecule is c1ccc(-n2c3ccccc3c3cc(-c4nc(-n5c6ccccc6c6cc7cc(-n8c9ccccc9c9c%10ccccc%10ccc98)ccc7cc65)nc5ccccc45)ccc32)cc1. The smallest absolute Gasteiger partial charge is 0.235 e. The van der Waals surface area contributed by atoms with Gasteiger partial charge >= 0.3 is 0 Å². The van der Waals surface area contributed by atoms with Gasteiger partial charge in [0.05, 0.1) is 44.3 Å². The quantitative estimate of drug-likeness (QED) is 0.178. The summed E-state index contributed by atoms with van der Waals surface area (Å²) in [6.45, 7) is 0. The van der Waals surface area contributed by atoms with Crippen molar-refractivity contribution in [3.05, 3.63) is 212 Å². The summed E-state index contributed by atoms with van der Waals surface area (Å²) in [4.78, 5) is 10.8. The molecule has 14 rings (SSSR count). The summed E-state index contributed by atoms with van der Waals surface area (Å²) in [7, 11) is 0. The Balaban J connectivity index is 0.976. The molecule has 0 aliphatic heterocycles. The van der Waals surface area contributed by atoms with Crippen molar-refractivity contribution in [3.8, 4) is 28.6 Å². The molecule has 0 saturated heterocycles. The Morgan fingerprint density at radius 2 is 0.873 bits per heavy atom. The van der Waals surface area contributed by atoms with Gasteiger partial charge in [0.15, 0.2) is 0 Å². The zero-order valence-corrected chi connectivity index (χ0v) is 33.9. The van der Waals surface area contributed by atoms with E-state index in [4.69, 9.17) is 9.97 Å². The number of hydrogen-bond acceptors (Lipinski definition) is 2. The van der Waals surface area contributed by atoms with Crippen molar-refractivity contribution in [1.82, 2.24) is 23.7 Å². The number of rotatable bonds is 4. The third-order valence-corrected chi connectivity index (χ3v) is 13.2. The lowest BCUT2D eigenvalue weighted by molar-refractivity contribution is 1.01. The van der Waals surface area contributed by atoms with Crippen molar-refractivity contribution >= 4 is 97.9 Å². The van der Waals surface area contributed by atoms with E-state index < -0.39 is 0 Å². The van der Waals surface area contributed by atoms with E-state index in [2.05, 4.69) is 226 Å². The minimum Gasteiger partial charge on any atom is -0.309 e. The second-order valence-electron chi connectivity index (χ2n) is 16.6. The molecule has 0 aliphatic carbocycles.